The Balaban J connectivity index is 2.45. The molecule has 2 rings (SSSR count). The van der Waals surface area contributed by atoms with E-state index in [0.717, 1.165) is 5.56 Å². The molecule has 1 aliphatic heterocycles. The molecule has 0 bridgehead atoms. The molecular weight excluding hydrogens is 284 g/mol. The fourth-order valence-corrected chi connectivity index (χ4v) is 3.03. The van der Waals surface area contributed by atoms with Crippen LogP contribution in [0.25, 0.3) is 0 Å². The number of methoxy groups -OCH3 is 2. The van der Waals surface area contributed by atoms with Crippen molar-refractivity contribution in [3.05, 3.63) is 23.8 Å². The monoisotopic (exact) mass is 306 g/mol. The van der Waals surface area contributed by atoms with Crippen molar-refractivity contribution < 1.29 is 19.1 Å². The summed E-state index contributed by atoms with van der Waals surface area (Å²) in [7, 11) is 4.73. The minimum Gasteiger partial charge on any atom is -0.493 e. The number of nitrogens with one attached hydrogen (secondary N) is 1. The quantitative estimate of drug-likeness (QED) is 0.892. The van der Waals surface area contributed by atoms with Crippen LogP contribution in [-0.4, -0.2) is 44.5 Å². The Morgan fingerprint density at radius 2 is 2.00 bits per heavy atom. The number of benzene rings is 1. The van der Waals surface area contributed by atoms with Crippen LogP contribution in [0.5, 0.6) is 11.5 Å². The predicted octanol–water partition coefficient (Wildman–Crippen LogP) is 1.36. The molecule has 6 nitrogen and oxygen atoms in total. The lowest BCUT2D eigenvalue weighted by molar-refractivity contribution is -0.129. The summed E-state index contributed by atoms with van der Waals surface area (Å²) in [5.41, 5.74) is 0.874. The lowest BCUT2D eigenvalue weighted by Gasteiger charge is -2.27. The van der Waals surface area contributed by atoms with Crippen LogP contribution in [-0.2, 0) is 9.59 Å². The smallest absolute Gasteiger partial charge is 0.225 e. The number of carbonyl (C=O) groups excluding carboxylic acids is 2. The minimum absolute atomic E-state index is 0.00381. The molecule has 6 heteroatoms. The summed E-state index contributed by atoms with van der Waals surface area (Å²) in [6.07, 6.45) is 0.229. The number of ether oxygens (including phenoxy) is 2. The van der Waals surface area contributed by atoms with E-state index in [1.165, 1.54) is 0 Å². The molecule has 0 aromatic heterocycles. The third kappa shape index (κ3) is 2.73. The molecule has 0 spiro atoms. The van der Waals surface area contributed by atoms with Crippen molar-refractivity contribution in [2.24, 2.45) is 5.92 Å². The molecule has 1 N–H and O–H groups in total. The van der Waals surface area contributed by atoms with E-state index in [2.05, 4.69) is 5.32 Å². The first kappa shape index (κ1) is 16.1. The Morgan fingerprint density at radius 3 is 2.55 bits per heavy atom. The van der Waals surface area contributed by atoms with Gasteiger partial charge < -0.3 is 19.7 Å². The highest BCUT2D eigenvalue weighted by atomic mass is 16.5. The van der Waals surface area contributed by atoms with Crippen LogP contribution in [0.3, 0.4) is 0 Å². The van der Waals surface area contributed by atoms with Crippen molar-refractivity contribution in [1.82, 2.24) is 10.2 Å². The number of rotatable bonds is 5. The SMILES string of the molecule is CCN1C(=O)C[C@@H](C(=O)NC)[C@@H]1c1ccc(OC)c(OC)c1. The van der Waals surface area contributed by atoms with E-state index in [4.69, 9.17) is 9.47 Å². The van der Waals surface area contributed by atoms with E-state index >= 15 is 0 Å². The van der Waals surface area contributed by atoms with Crippen molar-refractivity contribution in [2.45, 2.75) is 19.4 Å². The zero-order chi connectivity index (χ0) is 16.3. The van der Waals surface area contributed by atoms with Crippen LogP contribution in [0.2, 0.25) is 0 Å². The molecule has 1 saturated heterocycles. The molecule has 1 aromatic carbocycles. The van der Waals surface area contributed by atoms with E-state index in [1.54, 1.807) is 32.2 Å². The lowest BCUT2D eigenvalue weighted by atomic mass is 9.92. The van der Waals surface area contributed by atoms with Crippen molar-refractivity contribution in [2.75, 3.05) is 27.8 Å². The maximum absolute atomic E-state index is 12.2. The van der Waals surface area contributed by atoms with Crippen LogP contribution in [0.4, 0.5) is 0 Å². The van der Waals surface area contributed by atoms with Crippen LogP contribution in [0.1, 0.15) is 24.9 Å². The number of hydrogen-bond acceptors (Lipinski definition) is 4. The van der Waals surface area contributed by atoms with Crippen molar-refractivity contribution >= 4 is 11.8 Å². The zero-order valence-electron chi connectivity index (χ0n) is 13.4. The summed E-state index contributed by atoms with van der Waals surface area (Å²) in [5, 5.41) is 2.65. The number of likely N-dealkylation sites (tertiary alicyclic amines) is 1. The van der Waals surface area contributed by atoms with Gasteiger partial charge in [-0.15, -0.1) is 0 Å². The van der Waals surface area contributed by atoms with E-state index in [-0.39, 0.29) is 24.3 Å². The van der Waals surface area contributed by atoms with Crippen molar-refractivity contribution in [1.29, 1.82) is 0 Å². The molecule has 2 atom stereocenters. The highest BCUT2D eigenvalue weighted by Gasteiger charge is 2.43. The number of nitrogens with zero attached hydrogens (tertiary/aromatic N) is 1. The molecule has 1 aromatic rings. The average Bonchev–Trinajstić information content (AvgIpc) is 2.89. The van der Waals surface area contributed by atoms with E-state index in [1.807, 2.05) is 19.1 Å². The van der Waals surface area contributed by atoms with Crippen LogP contribution < -0.4 is 14.8 Å². The van der Waals surface area contributed by atoms with E-state index < -0.39 is 5.92 Å². The van der Waals surface area contributed by atoms with Crippen LogP contribution in [0.15, 0.2) is 18.2 Å². The Kier molecular flexibility index (Phi) is 4.90. The number of hydrogen-bond donors (Lipinski definition) is 1. The highest BCUT2D eigenvalue weighted by molar-refractivity contribution is 5.90. The zero-order valence-corrected chi connectivity index (χ0v) is 13.4. The van der Waals surface area contributed by atoms with Gasteiger partial charge in [-0.25, -0.2) is 0 Å². The Bertz CT molecular complexity index is 571. The van der Waals surface area contributed by atoms with Gasteiger partial charge in [-0.05, 0) is 24.6 Å². The predicted molar refractivity (Wildman–Crippen MR) is 81.8 cm³/mol. The fourth-order valence-electron chi connectivity index (χ4n) is 3.03. The van der Waals surface area contributed by atoms with E-state index in [0.29, 0.717) is 18.0 Å². The molecule has 1 heterocycles. The molecule has 1 aliphatic rings. The van der Waals surface area contributed by atoms with Crippen LogP contribution in [0, 0.1) is 5.92 Å². The normalized spacial score (nSPS) is 20.9. The number of carbonyl (C=O) groups is 2. The largest absolute Gasteiger partial charge is 0.493 e. The van der Waals surface area contributed by atoms with Gasteiger partial charge >= 0.3 is 0 Å². The Morgan fingerprint density at radius 1 is 1.32 bits per heavy atom. The first-order chi connectivity index (χ1) is 10.6. The van der Waals surface area contributed by atoms with Gasteiger partial charge in [-0.3, -0.25) is 9.59 Å². The highest BCUT2D eigenvalue weighted by Crippen LogP contribution is 2.40. The second-order valence-electron chi connectivity index (χ2n) is 5.16. The van der Waals surface area contributed by atoms with Crippen molar-refractivity contribution in [3.63, 3.8) is 0 Å². The maximum Gasteiger partial charge on any atom is 0.225 e. The summed E-state index contributed by atoms with van der Waals surface area (Å²) in [4.78, 5) is 26.1. The van der Waals surface area contributed by atoms with Gasteiger partial charge in [0, 0.05) is 20.0 Å². The average molecular weight is 306 g/mol. The second kappa shape index (κ2) is 6.68. The second-order valence-corrected chi connectivity index (χ2v) is 5.16. The van der Waals surface area contributed by atoms with Gasteiger partial charge in [0.05, 0.1) is 26.2 Å². The van der Waals surface area contributed by atoms with Crippen molar-refractivity contribution in [3.8, 4) is 11.5 Å². The molecule has 0 unspecified atom stereocenters. The first-order valence-electron chi connectivity index (χ1n) is 7.30. The maximum atomic E-state index is 12.2. The third-order valence-corrected chi connectivity index (χ3v) is 4.10. The Hall–Kier alpha value is -2.24. The summed E-state index contributed by atoms with van der Waals surface area (Å²) in [5.74, 6) is 0.691. The minimum atomic E-state index is -0.393. The summed E-state index contributed by atoms with van der Waals surface area (Å²) < 4.78 is 10.6. The topological polar surface area (TPSA) is 67.9 Å². The van der Waals surface area contributed by atoms with Gasteiger partial charge in [-0.1, -0.05) is 6.07 Å². The third-order valence-electron chi connectivity index (χ3n) is 4.10. The van der Waals surface area contributed by atoms with Gasteiger partial charge in [0.2, 0.25) is 11.8 Å². The van der Waals surface area contributed by atoms with Gasteiger partial charge in [-0.2, -0.15) is 0 Å². The van der Waals surface area contributed by atoms with E-state index in [9.17, 15) is 9.59 Å². The molecule has 0 aliphatic carbocycles. The van der Waals surface area contributed by atoms with Gasteiger partial charge in [0.25, 0.3) is 0 Å². The standard InChI is InChI=1S/C16H22N2O4/c1-5-18-14(19)9-11(16(20)17-2)15(18)10-6-7-12(21-3)13(8-10)22-4/h6-8,11,15H,5,9H2,1-4H3,(H,17,20)/t11-,15+/m1/s1. The first-order valence-corrected chi connectivity index (χ1v) is 7.30. The fraction of sp³-hybridized carbons (Fsp3) is 0.500. The molecule has 0 saturated carbocycles. The summed E-state index contributed by atoms with van der Waals surface area (Å²) in [6, 6.07) is 5.23. The summed E-state index contributed by atoms with van der Waals surface area (Å²) in [6.45, 7) is 2.48. The Labute approximate surface area is 130 Å². The molecule has 1 fully saturated rings. The lowest BCUT2D eigenvalue weighted by Crippen LogP contribution is -2.34. The van der Waals surface area contributed by atoms with Gasteiger partial charge in [0.1, 0.15) is 0 Å². The van der Waals surface area contributed by atoms with Crippen LogP contribution >= 0.6 is 0 Å². The van der Waals surface area contributed by atoms with Gasteiger partial charge in [0.15, 0.2) is 11.5 Å². The molecule has 22 heavy (non-hydrogen) atoms. The number of amides is 2. The molecule has 2 amide bonds. The molecule has 120 valence electrons. The summed E-state index contributed by atoms with van der Waals surface area (Å²) >= 11 is 0. The molecular formula is C16H22N2O4. The molecule has 0 radical (unpaired) electrons.